The first-order chi connectivity index (χ1) is 29.9. The van der Waals surface area contributed by atoms with E-state index >= 15 is 13.2 Å². The predicted molar refractivity (Wildman–Crippen MR) is 248 cm³/mol. The van der Waals surface area contributed by atoms with Crippen LogP contribution in [0, 0.1) is 40.8 Å². The van der Waals surface area contributed by atoms with Crippen LogP contribution in [0.15, 0.2) is 152 Å². The van der Waals surface area contributed by atoms with Crippen molar-refractivity contribution < 1.29 is 13.2 Å². The molecule has 0 aliphatic heterocycles. The van der Waals surface area contributed by atoms with E-state index in [0.29, 0.717) is 11.4 Å². The minimum Gasteiger partial charge on any atom is -0.308 e. The summed E-state index contributed by atoms with van der Waals surface area (Å²) in [6.45, 7) is 24.9. The summed E-state index contributed by atoms with van der Waals surface area (Å²) in [5.41, 5.74) is 11.9. The Labute approximate surface area is 357 Å². The quantitative estimate of drug-likeness (QED) is 0.154. The van der Waals surface area contributed by atoms with Gasteiger partial charge in [0.05, 0.1) is 52.1 Å². The number of para-hydroxylation sites is 2. The summed E-state index contributed by atoms with van der Waals surface area (Å²) in [5, 5.41) is 3.91. The van der Waals surface area contributed by atoms with Crippen LogP contribution in [0.3, 0.4) is 0 Å². The highest BCUT2D eigenvalue weighted by molar-refractivity contribution is 6.13. The van der Waals surface area contributed by atoms with E-state index in [-0.39, 0.29) is 22.5 Å². The van der Waals surface area contributed by atoms with Gasteiger partial charge in [0.15, 0.2) is 11.4 Å². The second-order valence-corrected chi connectivity index (χ2v) is 16.1. The van der Waals surface area contributed by atoms with Crippen molar-refractivity contribution in [2.45, 2.75) is 33.9 Å². The van der Waals surface area contributed by atoms with E-state index < -0.39 is 11.7 Å². The van der Waals surface area contributed by atoms with Crippen LogP contribution in [0.25, 0.3) is 98.1 Å². The summed E-state index contributed by atoms with van der Waals surface area (Å²) in [5.74, 6) is 0. The number of fused-ring (bicyclic) bond motifs is 6. The minimum atomic E-state index is -4.79. The standard InChI is InChI=1S/C55H37F3N4/c1-32-18-22-38(34(3)26-32)36-20-24-42-40-12-7-9-16-48(40)61(50(42)28-36)52-30-44(54-45(55(56,57)58)14-11-15-46(54)59-5)47(60-6)31-53(52)62-49-17-10-8-13-41(49)43-25-21-37(29-51(43)62)39-23-19-33(2)27-35(39)4/h7-31H,1-4H3. The highest BCUT2D eigenvalue weighted by Crippen LogP contribution is 2.49. The van der Waals surface area contributed by atoms with Crippen molar-refractivity contribution in [1.29, 1.82) is 0 Å². The lowest BCUT2D eigenvalue weighted by Gasteiger charge is -2.22. The molecule has 298 valence electrons. The van der Waals surface area contributed by atoms with Crippen molar-refractivity contribution >= 4 is 55.0 Å². The molecular weight excluding hydrogens is 774 g/mol. The third-order valence-corrected chi connectivity index (χ3v) is 12.2. The minimum absolute atomic E-state index is 0.00134. The molecule has 0 bridgehead atoms. The Morgan fingerprint density at radius 2 is 0.919 bits per heavy atom. The molecule has 8 aromatic carbocycles. The molecular formula is C55H37F3N4. The van der Waals surface area contributed by atoms with Gasteiger partial charge >= 0.3 is 6.18 Å². The molecule has 0 spiro atoms. The molecule has 0 atom stereocenters. The van der Waals surface area contributed by atoms with Crippen LogP contribution < -0.4 is 0 Å². The Bertz CT molecular complexity index is 3590. The Morgan fingerprint density at radius 3 is 1.40 bits per heavy atom. The Hall–Kier alpha value is -7.87. The first kappa shape index (κ1) is 38.3. The van der Waals surface area contributed by atoms with Crippen molar-refractivity contribution in [2.24, 2.45) is 0 Å². The lowest BCUT2D eigenvalue weighted by atomic mass is 9.94. The average Bonchev–Trinajstić information content (AvgIpc) is 3.77. The maximum atomic E-state index is 15.0. The van der Waals surface area contributed by atoms with Crippen LogP contribution in [0.1, 0.15) is 27.8 Å². The van der Waals surface area contributed by atoms with Crippen molar-refractivity contribution in [1.82, 2.24) is 9.13 Å². The summed E-state index contributed by atoms with van der Waals surface area (Å²) in [6.07, 6.45) is -4.79. The molecule has 2 aromatic heterocycles. The van der Waals surface area contributed by atoms with Gasteiger partial charge in [-0.05, 0) is 109 Å². The number of rotatable bonds is 5. The fourth-order valence-electron chi connectivity index (χ4n) is 9.44. The maximum absolute atomic E-state index is 15.0. The fraction of sp³-hybridized carbons (Fsp3) is 0.0909. The zero-order valence-electron chi connectivity index (χ0n) is 34.4. The molecule has 10 aromatic rings. The first-order valence-electron chi connectivity index (χ1n) is 20.3. The zero-order chi connectivity index (χ0) is 43.0. The summed E-state index contributed by atoms with van der Waals surface area (Å²) < 4.78 is 49.4. The van der Waals surface area contributed by atoms with Gasteiger partial charge in [0, 0.05) is 21.5 Å². The smallest absolute Gasteiger partial charge is 0.308 e. The molecule has 0 N–H and O–H groups in total. The summed E-state index contributed by atoms with van der Waals surface area (Å²) in [4.78, 5) is 7.52. The zero-order valence-corrected chi connectivity index (χ0v) is 34.4. The summed E-state index contributed by atoms with van der Waals surface area (Å²) >= 11 is 0. The van der Waals surface area contributed by atoms with Gasteiger partial charge in [-0.25, -0.2) is 9.69 Å². The number of hydrogen-bond donors (Lipinski definition) is 0. The van der Waals surface area contributed by atoms with Gasteiger partial charge in [-0.15, -0.1) is 0 Å². The van der Waals surface area contributed by atoms with Gasteiger partial charge in [-0.2, -0.15) is 13.2 Å². The molecule has 10 rings (SSSR count). The van der Waals surface area contributed by atoms with E-state index in [9.17, 15) is 0 Å². The molecule has 0 fully saturated rings. The molecule has 2 heterocycles. The average molecular weight is 811 g/mol. The maximum Gasteiger partial charge on any atom is 0.415 e. The molecule has 0 aliphatic carbocycles. The number of nitrogens with zero attached hydrogens (tertiary/aromatic N) is 4. The lowest BCUT2D eigenvalue weighted by Crippen LogP contribution is -2.08. The molecule has 0 radical (unpaired) electrons. The van der Waals surface area contributed by atoms with Crippen LogP contribution in [0.5, 0.6) is 0 Å². The van der Waals surface area contributed by atoms with Crippen LogP contribution in [-0.4, -0.2) is 9.13 Å². The molecule has 0 aliphatic rings. The molecule has 7 heteroatoms. The van der Waals surface area contributed by atoms with Crippen LogP contribution in [0.4, 0.5) is 24.5 Å². The predicted octanol–water partition coefficient (Wildman–Crippen LogP) is 16.2. The Kier molecular flexibility index (Phi) is 8.91. The monoisotopic (exact) mass is 810 g/mol. The third kappa shape index (κ3) is 6.05. The normalized spacial score (nSPS) is 11.8. The van der Waals surface area contributed by atoms with Crippen LogP contribution in [-0.2, 0) is 6.18 Å². The topological polar surface area (TPSA) is 18.6 Å². The van der Waals surface area contributed by atoms with E-state index in [1.807, 2.05) is 36.4 Å². The van der Waals surface area contributed by atoms with E-state index in [4.69, 9.17) is 13.1 Å². The second-order valence-electron chi connectivity index (χ2n) is 16.1. The Balaban J connectivity index is 1.39. The van der Waals surface area contributed by atoms with E-state index in [2.05, 4.69) is 131 Å². The van der Waals surface area contributed by atoms with Crippen molar-refractivity contribution in [3.63, 3.8) is 0 Å². The number of hydrogen-bond acceptors (Lipinski definition) is 0. The molecule has 62 heavy (non-hydrogen) atoms. The fourth-order valence-corrected chi connectivity index (χ4v) is 9.44. The van der Waals surface area contributed by atoms with Gasteiger partial charge in [-0.1, -0.05) is 126 Å². The number of benzene rings is 8. The second kappa shape index (κ2) is 14.4. The highest BCUT2D eigenvalue weighted by atomic mass is 19.4. The van der Waals surface area contributed by atoms with Crippen molar-refractivity contribution in [3.8, 4) is 44.8 Å². The van der Waals surface area contributed by atoms with Gasteiger partial charge < -0.3 is 9.13 Å². The van der Waals surface area contributed by atoms with Gasteiger partial charge in [0.2, 0.25) is 0 Å². The lowest BCUT2D eigenvalue weighted by molar-refractivity contribution is -0.137. The number of aryl methyl sites for hydroxylation is 4. The number of halogens is 3. The summed E-state index contributed by atoms with van der Waals surface area (Å²) in [7, 11) is 0. The number of alkyl halides is 3. The highest BCUT2D eigenvalue weighted by Gasteiger charge is 2.36. The first-order valence-corrected chi connectivity index (χ1v) is 20.3. The van der Waals surface area contributed by atoms with E-state index in [1.165, 1.54) is 12.1 Å². The van der Waals surface area contributed by atoms with Crippen LogP contribution in [0.2, 0.25) is 0 Å². The number of aromatic nitrogens is 2. The molecule has 0 unspecified atom stereocenters. The molecule has 0 amide bonds. The molecule has 0 saturated carbocycles. The van der Waals surface area contributed by atoms with Crippen molar-refractivity contribution in [3.05, 3.63) is 202 Å². The van der Waals surface area contributed by atoms with E-state index in [1.54, 1.807) is 12.1 Å². The van der Waals surface area contributed by atoms with Gasteiger partial charge in [0.25, 0.3) is 0 Å². The van der Waals surface area contributed by atoms with Crippen LogP contribution >= 0.6 is 0 Å². The summed E-state index contributed by atoms with van der Waals surface area (Å²) in [6, 6.07) is 48.8. The van der Waals surface area contributed by atoms with Gasteiger partial charge in [0.1, 0.15) is 0 Å². The molecule has 0 saturated heterocycles. The van der Waals surface area contributed by atoms with Gasteiger partial charge in [-0.3, -0.25) is 0 Å². The SMILES string of the molecule is [C-]#[N+]c1cc(-n2c3ccccc3c3ccc(-c4ccc(C)cc4C)cc32)c(-n2c3ccccc3c3ccc(-c4ccc(C)cc4C)cc32)cc1-c1c([N+]#[C-])cccc1C(F)(F)F. The Morgan fingerprint density at radius 1 is 0.435 bits per heavy atom. The van der Waals surface area contributed by atoms with E-state index in [0.717, 1.165) is 94.2 Å². The molecule has 4 nitrogen and oxygen atoms in total. The third-order valence-electron chi connectivity index (χ3n) is 12.2. The van der Waals surface area contributed by atoms with Crippen molar-refractivity contribution in [2.75, 3.05) is 0 Å². The largest absolute Gasteiger partial charge is 0.415 e.